The highest BCUT2D eigenvalue weighted by atomic mass is 35.5. The minimum Gasteiger partial charge on any atom is -0.451 e. The van der Waals surface area contributed by atoms with E-state index < -0.39 is 11.7 Å². The summed E-state index contributed by atoms with van der Waals surface area (Å²) < 4.78 is 19.4. The Bertz CT molecular complexity index is 963. The van der Waals surface area contributed by atoms with Crippen molar-refractivity contribution >= 4 is 28.5 Å². The first kappa shape index (κ1) is 16.2. The maximum absolute atomic E-state index is 13.9. The number of carbonyl (C=O) groups is 1. The van der Waals surface area contributed by atoms with Crippen LogP contribution >= 0.6 is 11.6 Å². The lowest BCUT2D eigenvalue weighted by Crippen LogP contribution is -2.27. The molecule has 0 atom stereocenters. The van der Waals surface area contributed by atoms with Gasteiger partial charge in [-0.1, -0.05) is 29.8 Å². The Kier molecular flexibility index (Phi) is 4.36. The summed E-state index contributed by atoms with van der Waals surface area (Å²) in [5.41, 5.74) is 0.223. The van der Waals surface area contributed by atoms with Crippen LogP contribution in [0.1, 0.15) is 16.1 Å². The van der Waals surface area contributed by atoms with Crippen LogP contribution in [-0.2, 0) is 6.54 Å². The summed E-state index contributed by atoms with van der Waals surface area (Å²) in [5, 5.41) is 0.628. The molecule has 0 spiro atoms. The molecule has 1 aromatic heterocycles. The Labute approximate surface area is 142 Å². The molecule has 0 saturated carbocycles. The van der Waals surface area contributed by atoms with Gasteiger partial charge in [-0.25, -0.2) is 4.39 Å². The van der Waals surface area contributed by atoms with E-state index in [1.807, 2.05) is 0 Å². The van der Waals surface area contributed by atoms with Gasteiger partial charge in [0.25, 0.3) is 5.91 Å². The van der Waals surface area contributed by atoms with Crippen LogP contribution in [0.15, 0.2) is 57.7 Å². The fourth-order valence-corrected chi connectivity index (χ4v) is 2.61. The molecule has 122 valence electrons. The van der Waals surface area contributed by atoms with Gasteiger partial charge in [0.15, 0.2) is 11.2 Å². The van der Waals surface area contributed by atoms with Crippen molar-refractivity contribution in [3.8, 4) is 0 Å². The average Bonchev–Trinajstić information content (AvgIpc) is 2.57. The molecule has 6 heteroatoms. The van der Waals surface area contributed by atoms with Gasteiger partial charge in [-0.2, -0.15) is 0 Å². The minimum atomic E-state index is -0.530. The summed E-state index contributed by atoms with van der Waals surface area (Å²) >= 11 is 5.98. The first-order valence-electron chi connectivity index (χ1n) is 7.18. The van der Waals surface area contributed by atoms with Crippen LogP contribution in [0.5, 0.6) is 0 Å². The molecule has 0 aliphatic carbocycles. The second-order valence-corrected chi connectivity index (χ2v) is 5.74. The van der Waals surface area contributed by atoms with Crippen LogP contribution in [0, 0.1) is 5.82 Å². The lowest BCUT2D eigenvalue weighted by Gasteiger charge is -2.18. The molecule has 0 aliphatic rings. The van der Waals surface area contributed by atoms with E-state index >= 15 is 0 Å². The summed E-state index contributed by atoms with van der Waals surface area (Å²) in [4.78, 5) is 25.8. The zero-order chi connectivity index (χ0) is 17.3. The molecule has 0 N–H and O–H groups in total. The van der Waals surface area contributed by atoms with Gasteiger partial charge >= 0.3 is 0 Å². The van der Waals surface area contributed by atoms with Gasteiger partial charge in [-0.05, 0) is 24.3 Å². The van der Waals surface area contributed by atoms with E-state index in [9.17, 15) is 14.0 Å². The van der Waals surface area contributed by atoms with E-state index in [0.717, 1.165) is 6.07 Å². The molecule has 0 saturated heterocycles. The highest BCUT2D eigenvalue weighted by Gasteiger charge is 2.19. The van der Waals surface area contributed by atoms with Gasteiger partial charge < -0.3 is 9.32 Å². The molecule has 3 aromatic rings. The number of benzene rings is 2. The molecule has 1 amide bonds. The maximum atomic E-state index is 13.9. The number of hydrogen-bond acceptors (Lipinski definition) is 3. The molecule has 0 bridgehead atoms. The van der Waals surface area contributed by atoms with Crippen molar-refractivity contribution in [2.24, 2.45) is 0 Å². The van der Waals surface area contributed by atoms with E-state index in [2.05, 4.69) is 0 Å². The van der Waals surface area contributed by atoms with Crippen molar-refractivity contribution in [3.63, 3.8) is 0 Å². The largest absolute Gasteiger partial charge is 0.451 e. The second-order valence-electron chi connectivity index (χ2n) is 5.33. The molecular weight excluding hydrogens is 333 g/mol. The van der Waals surface area contributed by atoms with Crippen LogP contribution in [-0.4, -0.2) is 17.9 Å². The second kappa shape index (κ2) is 6.45. The van der Waals surface area contributed by atoms with Crippen LogP contribution in [0.25, 0.3) is 11.0 Å². The molecule has 24 heavy (non-hydrogen) atoms. The molecule has 0 fully saturated rings. The number of nitrogens with zero attached hydrogens (tertiary/aromatic N) is 1. The third-order valence-electron chi connectivity index (χ3n) is 3.65. The van der Waals surface area contributed by atoms with Gasteiger partial charge in [0.2, 0.25) is 0 Å². The lowest BCUT2D eigenvalue weighted by molar-refractivity contribution is 0.0753. The summed E-state index contributed by atoms with van der Waals surface area (Å²) in [7, 11) is 1.49. The van der Waals surface area contributed by atoms with Crippen molar-refractivity contribution < 1.29 is 13.6 Å². The number of rotatable bonds is 3. The zero-order valence-corrected chi connectivity index (χ0v) is 13.5. The Balaban J connectivity index is 1.93. The lowest BCUT2D eigenvalue weighted by atomic mass is 10.2. The Morgan fingerprint density at radius 1 is 1.21 bits per heavy atom. The van der Waals surface area contributed by atoms with Crippen LogP contribution in [0.3, 0.4) is 0 Å². The minimum absolute atomic E-state index is 0.0408. The van der Waals surface area contributed by atoms with Crippen LogP contribution < -0.4 is 5.43 Å². The van der Waals surface area contributed by atoms with Crippen molar-refractivity contribution in [1.82, 2.24) is 4.90 Å². The Hall–Kier alpha value is -2.66. The highest BCUT2D eigenvalue weighted by Crippen LogP contribution is 2.21. The molecule has 0 aliphatic heterocycles. The van der Waals surface area contributed by atoms with Crippen molar-refractivity contribution in [2.75, 3.05) is 7.05 Å². The number of hydrogen-bond donors (Lipinski definition) is 0. The van der Waals surface area contributed by atoms with Gasteiger partial charge in [0.1, 0.15) is 11.4 Å². The average molecular weight is 346 g/mol. The van der Waals surface area contributed by atoms with Crippen molar-refractivity contribution in [2.45, 2.75) is 6.54 Å². The van der Waals surface area contributed by atoms with Gasteiger partial charge in [0.05, 0.1) is 11.9 Å². The van der Waals surface area contributed by atoms with Crippen LogP contribution in [0.4, 0.5) is 4.39 Å². The van der Waals surface area contributed by atoms with Crippen molar-refractivity contribution in [1.29, 1.82) is 0 Å². The summed E-state index contributed by atoms with van der Waals surface area (Å²) in [6, 6.07) is 12.1. The maximum Gasteiger partial charge on any atom is 0.289 e. The topological polar surface area (TPSA) is 50.5 Å². The van der Waals surface area contributed by atoms with E-state index in [4.69, 9.17) is 16.0 Å². The van der Waals surface area contributed by atoms with Gasteiger partial charge in [0, 0.05) is 23.7 Å². The highest BCUT2D eigenvalue weighted by molar-refractivity contribution is 6.31. The fraction of sp³-hybridized carbons (Fsp3) is 0.111. The summed E-state index contributed by atoms with van der Waals surface area (Å²) in [5.74, 6) is -1.13. The van der Waals surface area contributed by atoms with E-state index in [-0.39, 0.29) is 28.3 Å². The van der Waals surface area contributed by atoms with Crippen LogP contribution in [0.2, 0.25) is 5.02 Å². The normalized spacial score (nSPS) is 10.8. The predicted molar refractivity (Wildman–Crippen MR) is 89.7 cm³/mol. The third kappa shape index (κ3) is 3.03. The molecular formula is C18H13ClFNO3. The molecule has 0 radical (unpaired) electrons. The first-order chi connectivity index (χ1) is 11.5. The number of amides is 1. The summed E-state index contributed by atoms with van der Waals surface area (Å²) in [6.07, 6.45) is 0. The van der Waals surface area contributed by atoms with Gasteiger partial charge in [-0.3, -0.25) is 9.59 Å². The van der Waals surface area contributed by atoms with E-state index in [1.165, 1.54) is 24.1 Å². The third-order valence-corrected chi connectivity index (χ3v) is 4.00. The monoisotopic (exact) mass is 345 g/mol. The quantitative estimate of drug-likeness (QED) is 0.724. The molecule has 1 heterocycles. The molecule has 0 unspecified atom stereocenters. The molecule has 3 rings (SSSR count). The number of para-hydroxylation sites is 1. The predicted octanol–water partition coefficient (Wildman–Crippen LogP) is 3.86. The van der Waals surface area contributed by atoms with E-state index in [1.54, 1.807) is 30.3 Å². The number of halogens is 2. The number of fused-ring (bicyclic) bond motifs is 1. The van der Waals surface area contributed by atoms with Crippen molar-refractivity contribution in [3.05, 3.63) is 80.9 Å². The Morgan fingerprint density at radius 2 is 1.96 bits per heavy atom. The standard InChI is InChI=1S/C18H13ClFNO3/c1-21(10-12-13(19)6-4-7-14(12)20)18(23)17-9-15(22)11-5-2-3-8-16(11)24-17/h2-9H,10H2,1H3. The SMILES string of the molecule is CN(Cc1c(F)cccc1Cl)C(=O)c1cc(=O)c2ccccc2o1. The zero-order valence-electron chi connectivity index (χ0n) is 12.8. The first-order valence-corrected chi connectivity index (χ1v) is 7.56. The Morgan fingerprint density at radius 3 is 2.71 bits per heavy atom. The fourth-order valence-electron chi connectivity index (χ4n) is 2.39. The van der Waals surface area contributed by atoms with Gasteiger partial charge in [-0.15, -0.1) is 0 Å². The number of carbonyl (C=O) groups excluding carboxylic acids is 1. The van der Waals surface area contributed by atoms with E-state index in [0.29, 0.717) is 11.0 Å². The molecule has 4 nitrogen and oxygen atoms in total. The smallest absolute Gasteiger partial charge is 0.289 e. The summed E-state index contributed by atoms with van der Waals surface area (Å²) in [6.45, 7) is -0.0408. The molecule has 2 aromatic carbocycles.